The molecule has 0 spiro atoms. The van der Waals surface area contributed by atoms with E-state index in [0.29, 0.717) is 0 Å². The van der Waals surface area contributed by atoms with Crippen LogP contribution >= 0.6 is 0 Å². The van der Waals surface area contributed by atoms with Crippen molar-refractivity contribution < 1.29 is 23.1 Å². The molecule has 30 heavy (non-hydrogen) atoms. The lowest BCUT2D eigenvalue weighted by Gasteiger charge is -2.32. The molecule has 1 atom stereocenters. The number of halogens is 3. The van der Waals surface area contributed by atoms with Gasteiger partial charge in [-0.2, -0.15) is 13.2 Å². The molecular weight excluding hydrogens is 393 g/mol. The Kier molecular flexibility index (Phi) is 6.03. The maximum atomic E-state index is 13.9. The number of hydrogen-bond donors (Lipinski definition) is 3. The molecule has 3 aromatic carbocycles. The summed E-state index contributed by atoms with van der Waals surface area (Å²) >= 11 is 0. The molecule has 0 saturated carbocycles. The third kappa shape index (κ3) is 4.26. The summed E-state index contributed by atoms with van der Waals surface area (Å²) in [6.07, 6.45) is -4.08. The Morgan fingerprint density at radius 3 is 2.10 bits per heavy atom. The molecule has 0 saturated heterocycles. The van der Waals surface area contributed by atoms with Gasteiger partial charge < -0.3 is 15.8 Å². The average Bonchev–Trinajstić information content (AvgIpc) is 2.74. The van der Waals surface area contributed by atoms with Crippen molar-refractivity contribution in [2.45, 2.75) is 18.2 Å². The SMILES string of the molecule is N=Cc1cc(C(O)(c2ccccc2)C(F)(F)F)ccc1NC(=O)Cc1ccccc1. The Morgan fingerprint density at radius 2 is 1.53 bits per heavy atom. The van der Waals surface area contributed by atoms with Gasteiger partial charge in [-0.15, -0.1) is 0 Å². The monoisotopic (exact) mass is 412 g/mol. The second-order valence-electron chi connectivity index (χ2n) is 6.73. The zero-order valence-corrected chi connectivity index (χ0v) is 15.8. The molecule has 0 aliphatic heterocycles. The molecule has 154 valence electrons. The van der Waals surface area contributed by atoms with Crippen molar-refractivity contribution in [2.75, 3.05) is 5.32 Å². The lowest BCUT2D eigenvalue weighted by Crippen LogP contribution is -2.43. The van der Waals surface area contributed by atoms with E-state index in [9.17, 15) is 23.1 Å². The minimum atomic E-state index is -4.99. The van der Waals surface area contributed by atoms with Gasteiger partial charge in [-0.25, -0.2) is 0 Å². The molecule has 1 unspecified atom stereocenters. The number of anilines is 1. The fourth-order valence-electron chi connectivity index (χ4n) is 3.17. The fraction of sp³-hybridized carbons (Fsp3) is 0.130. The summed E-state index contributed by atoms with van der Waals surface area (Å²) in [5.41, 5.74) is -3.02. The topological polar surface area (TPSA) is 73.2 Å². The quantitative estimate of drug-likeness (QED) is 0.515. The number of benzene rings is 3. The molecule has 0 fully saturated rings. The lowest BCUT2D eigenvalue weighted by atomic mass is 9.84. The first-order valence-corrected chi connectivity index (χ1v) is 9.09. The Balaban J connectivity index is 1.94. The number of carbonyl (C=O) groups is 1. The second kappa shape index (κ2) is 8.51. The van der Waals surface area contributed by atoms with Crippen LogP contribution < -0.4 is 5.32 Å². The number of aliphatic hydroxyl groups is 1. The van der Waals surface area contributed by atoms with E-state index in [4.69, 9.17) is 5.41 Å². The minimum Gasteiger partial charge on any atom is -0.372 e. The number of hydrogen-bond acceptors (Lipinski definition) is 3. The second-order valence-corrected chi connectivity index (χ2v) is 6.73. The molecule has 0 aliphatic carbocycles. The van der Waals surface area contributed by atoms with E-state index in [1.165, 1.54) is 30.3 Å². The molecule has 0 radical (unpaired) electrons. The van der Waals surface area contributed by atoms with Crippen molar-refractivity contribution in [3.05, 3.63) is 101 Å². The van der Waals surface area contributed by atoms with E-state index >= 15 is 0 Å². The van der Waals surface area contributed by atoms with Gasteiger partial charge in [-0.3, -0.25) is 4.79 Å². The summed E-state index contributed by atoms with van der Waals surface area (Å²) in [6.45, 7) is 0. The van der Waals surface area contributed by atoms with Gasteiger partial charge >= 0.3 is 6.18 Å². The van der Waals surface area contributed by atoms with E-state index in [2.05, 4.69) is 5.32 Å². The van der Waals surface area contributed by atoms with Gasteiger partial charge in [0, 0.05) is 17.5 Å². The van der Waals surface area contributed by atoms with Crippen LogP contribution in [0.25, 0.3) is 0 Å². The third-order valence-corrected chi connectivity index (χ3v) is 4.71. The van der Waals surface area contributed by atoms with E-state index in [1.54, 1.807) is 30.3 Å². The van der Waals surface area contributed by atoms with Crippen LogP contribution in [0.2, 0.25) is 0 Å². The first kappa shape index (κ1) is 21.3. The fourth-order valence-corrected chi connectivity index (χ4v) is 3.17. The van der Waals surface area contributed by atoms with Gasteiger partial charge in [0.05, 0.1) is 6.42 Å². The number of rotatable bonds is 6. The van der Waals surface area contributed by atoms with Gasteiger partial charge in [0.15, 0.2) is 0 Å². The Labute approximate surface area is 171 Å². The lowest BCUT2D eigenvalue weighted by molar-refractivity contribution is -0.248. The van der Waals surface area contributed by atoms with Crippen LogP contribution in [0.15, 0.2) is 78.9 Å². The van der Waals surface area contributed by atoms with Crippen molar-refractivity contribution in [1.82, 2.24) is 0 Å². The maximum absolute atomic E-state index is 13.9. The first-order chi connectivity index (χ1) is 14.3. The summed E-state index contributed by atoms with van der Waals surface area (Å²) in [6, 6.07) is 19.1. The minimum absolute atomic E-state index is 0.0486. The first-order valence-electron chi connectivity index (χ1n) is 9.09. The van der Waals surface area contributed by atoms with Crippen LogP contribution in [0.4, 0.5) is 18.9 Å². The molecule has 3 N–H and O–H groups in total. The molecule has 3 rings (SSSR count). The van der Waals surface area contributed by atoms with Crippen molar-refractivity contribution >= 4 is 17.8 Å². The summed E-state index contributed by atoms with van der Waals surface area (Å²) in [7, 11) is 0. The Hall–Kier alpha value is -3.45. The zero-order valence-electron chi connectivity index (χ0n) is 15.8. The maximum Gasteiger partial charge on any atom is 0.425 e. The highest BCUT2D eigenvalue weighted by molar-refractivity contribution is 5.97. The predicted molar refractivity (Wildman–Crippen MR) is 109 cm³/mol. The molecule has 1 amide bonds. The summed E-state index contributed by atoms with van der Waals surface area (Å²) in [4.78, 5) is 12.3. The highest BCUT2D eigenvalue weighted by atomic mass is 19.4. The largest absolute Gasteiger partial charge is 0.425 e. The van der Waals surface area contributed by atoms with Crippen LogP contribution in [-0.2, 0) is 16.8 Å². The van der Waals surface area contributed by atoms with Gasteiger partial charge in [-0.1, -0.05) is 66.7 Å². The normalized spacial score (nSPS) is 13.3. The molecule has 7 heteroatoms. The van der Waals surface area contributed by atoms with E-state index < -0.39 is 17.3 Å². The van der Waals surface area contributed by atoms with Crippen LogP contribution in [0.5, 0.6) is 0 Å². The smallest absolute Gasteiger partial charge is 0.372 e. The standard InChI is InChI=1S/C23H19F3N2O2/c24-23(25,26)22(30,18-9-5-2-6-10-18)19-11-12-20(17(14-19)15-27)28-21(29)13-16-7-3-1-4-8-16/h1-12,14-15,27,30H,13H2,(H,28,29). The van der Waals surface area contributed by atoms with Crippen LogP contribution in [0.3, 0.4) is 0 Å². The third-order valence-electron chi connectivity index (χ3n) is 4.71. The molecule has 0 bridgehead atoms. The highest BCUT2D eigenvalue weighted by Gasteiger charge is 2.56. The van der Waals surface area contributed by atoms with Gasteiger partial charge in [-0.05, 0) is 28.8 Å². The Bertz CT molecular complexity index is 1040. The van der Waals surface area contributed by atoms with E-state index in [-0.39, 0.29) is 29.1 Å². The van der Waals surface area contributed by atoms with Gasteiger partial charge in [0.25, 0.3) is 0 Å². The summed E-state index contributed by atoms with van der Waals surface area (Å²) < 4.78 is 41.7. The van der Waals surface area contributed by atoms with Crippen LogP contribution in [0, 0.1) is 5.41 Å². The van der Waals surface area contributed by atoms with Crippen LogP contribution in [0.1, 0.15) is 22.3 Å². The highest BCUT2D eigenvalue weighted by Crippen LogP contribution is 2.44. The summed E-state index contributed by atoms with van der Waals surface area (Å²) in [5, 5.41) is 20.9. The number of nitrogens with one attached hydrogen (secondary N) is 2. The number of amides is 1. The molecule has 0 aromatic heterocycles. The predicted octanol–water partition coefficient (Wildman–Crippen LogP) is 4.66. The zero-order chi connectivity index (χ0) is 21.8. The van der Waals surface area contributed by atoms with Crippen molar-refractivity contribution in [3.63, 3.8) is 0 Å². The van der Waals surface area contributed by atoms with Crippen molar-refractivity contribution in [3.8, 4) is 0 Å². The molecule has 0 aliphatic rings. The number of alkyl halides is 3. The van der Waals surface area contributed by atoms with E-state index in [0.717, 1.165) is 23.9 Å². The van der Waals surface area contributed by atoms with Gasteiger partial charge in [0.1, 0.15) is 0 Å². The molecule has 4 nitrogen and oxygen atoms in total. The van der Waals surface area contributed by atoms with Gasteiger partial charge in [0.2, 0.25) is 11.5 Å². The molecular formula is C23H19F3N2O2. The van der Waals surface area contributed by atoms with E-state index in [1.807, 2.05) is 6.07 Å². The van der Waals surface area contributed by atoms with Crippen molar-refractivity contribution in [1.29, 1.82) is 5.41 Å². The number of carbonyl (C=O) groups excluding carboxylic acids is 1. The average molecular weight is 412 g/mol. The molecule has 3 aromatic rings. The summed E-state index contributed by atoms with van der Waals surface area (Å²) in [5.74, 6) is -0.369. The Morgan fingerprint density at radius 1 is 0.933 bits per heavy atom. The molecule has 0 heterocycles. The van der Waals surface area contributed by atoms with Crippen molar-refractivity contribution in [2.24, 2.45) is 0 Å². The van der Waals surface area contributed by atoms with Crippen LogP contribution in [-0.4, -0.2) is 23.4 Å².